The number of hydrazone groups is 1. The van der Waals surface area contributed by atoms with Crippen molar-refractivity contribution in [2.75, 3.05) is 7.11 Å². The van der Waals surface area contributed by atoms with E-state index in [0.29, 0.717) is 17.7 Å². The Morgan fingerprint density at radius 3 is 2.90 bits per heavy atom. The number of phenols is 1. The van der Waals surface area contributed by atoms with E-state index >= 15 is 0 Å². The van der Waals surface area contributed by atoms with Gasteiger partial charge in [0.1, 0.15) is 17.2 Å². The van der Waals surface area contributed by atoms with Gasteiger partial charge in [0, 0.05) is 40.0 Å². The van der Waals surface area contributed by atoms with Crippen molar-refractivity contribution in [3.63, 3.8) is 0 Å². The molecular weight excluding hydrogens is 434 g/mol. The summed E-state index contributed by atoms with van der Waals surface area (Å²) in [4.78, 5) is 4.24. The molecule has 0 radical (unpaired) electrons. The summed E-state index contributed by atoms with van der Waals surface area (Å²) in [6, 6.07) is 15.0. The van der Waals surface area contributed by atoms with Crippen LogP contribution in [-0.4, -0.2) is 27.9 Å². The van der Waals surface area contributed by atoms with E-state index < -0.39 is 6.23 Å². The van der Waals surface area contributed by atoms with Crippen molar-refractivity contribution < 1.29 is 14.6 Å². The van der Waals surface area contributed by atoms with Crippen molar-refractivity contribution in [2.45, 2.75) is 18.7 Å². The number of ether oxygens (including phenoxy) is 2. The van der Waals surface area contributed by atoms with E-state index in [4.69, 9.17) is 14.6 Å². The maximum absolute atomic E-state index is 10.4. The maximum Gasteiger partial charge on any atom is 0.215 e. The van der Waals surface area contributed by atoms with Crippen molar-refractivity contribution in [2.24, 2.45) is 5.10 Å². The van der Waals surface area contributed by atoms with E-state index in [0.717, 1.165) is 27.1 Å². The van der Waals surface area contributed by atoms with Crippen LogP contribution in [-0.2, 0) is 0 Å². The molecule has 3 heterocycles. The lowest BCUT2D eigenvalue weighted by Gasteiger charge is -2.38. The predicted octanol–water partition coefficient (Wildman–Crippen LogP) is 4.80. The zero-order valence-corrected chi connectivity index (χ0v) is 17.2. The lowest BCUT2D eigenvalue weighted by atomic mass is 9.95. The summed E-state index contributed by atoms with van der Waals surface area (Å²) in [5, 5.41) is 17.3. The summed E-state index contributed by atoms with van der Waals surface area (Å²) in [7, 11) is 1.61. The highest BCUT2D eigenvalue weighted by Crippen LogP contribution is 2.48. The molecular formula is C22H18BrN3O3. The molecule has 0 saturated carbocycles. The van der Waals surface area contributed by atoms with E-state index in [9.17, 15) is 5.11 Å². The van der Waals surface area contributed by atoms with Crippen LogP contribution in [0.2, 0.25) is 0 Å². The summed E-state index contributed by atoms with van der Waals surface area (Å²) in [5.41, 5.74) is 3.43. The Balaban J connectivity index is 1.62. The minimum atomic E-state index is -0.396. The van der Waals surface area contributed by atoms with E-state index in [2.05, 4.69) is 27.0 Å². The molecule has 0 spiro atoms. The lowest BCUT2D eigenvalue weighted by molar-refractivity contribution is -0.0192. The molecule has 0 fully saturated rings. The number of hydrogen-bond donors (Lipinski definition) is 1. The van der Waals surface area contributed by atoms with Crippen LogP contribution in [0.1, 0.15) is 35.4 Å². The number of hydrogen-bond acceptors (Lipinski definition) is 6. The molecule has 7 heteroatoms. The highest BCUT2D eigenvalue weighted by atomic mass is 79.9. The van der Waals surface area contributed by atoms with Gasteiger partial charge in [0.2, 0.25) is 6.23 Å². The third-order valence-electron chi connectivity index (χ3n) is 5.24. The van der Waals surface area contributed by atoms with Crippen LogP contribution in [0.4, 0.5) is 0 Å². The molecule has 6 nitrogen and oxygen atoms in total. The molecule has 1 N–H and O–H groups in total. The first-order chi connectivity index (χ1) is 14.1. The number of aromatic hydroxyl groups is 1. The number of rotatable bonds is 3. The van der Waals surface area contributed by atoms with Gasteiger partial charge in [-0.05, 0) is 42.5 Å². The van der Waals surface area contributed by atoms with Gasteiger partial charge in [-0.25, -0.2) is 5.01 Å². The molecule has 2 atom stereocenters. The van der Waals surface area contributed by atoms with Gasteiger partial charge in [-0.2, -0.15) is 5.10 Å². The van der Waals surface area contributed by atoms with Gasteiger partial charge in [-0.3, -0.25) is 4.98 Å². The number of benzene rings is 2. The quantitative estimate of drug-likeness (QED) is 0.619. The zero-order valence-electron chi connectivity index (χ0n) is 15.6. The maximum atomic E-state index is 10.4. The van der Waals surface area contributed by atoms with Gasteiger partial charge in [-0.15, -0.1) is 0 Å². The molecule has 0 bridgehead atoms. The summed E-state index contributed by atoms with van der Waals surface area (Å²) in [6.45, 7) is 0. The van der Waals surface area contributed by atoms with Crippen LogP contribution in [0.25, 0.3) is 0 Å². The average molecular weight is 452 g/mol. The van der Waals surface area contributed by atoms with Gasteiger partial charge in [-0.1, -0.05) is 22.0 Å². The van der Waals surface area contributed by atoms with Crippen LogP contribution in [0, 0.1) is 0 Å². The van der Waals surface area contributed by atoms with Gasteiger partial charge in [0.15, 0.2) is 0 Å². The Labute approximate surface area is 176 Å². The van der Waals surface area contributed by atoms with Crippen LogP contribution in [0.3, 0.4) is 0 Å². The Morgan fingerprint density at radius 1 is 1.21 bits per heavy atom. The van der Waals surface area contributed by atoms with Crippen molar-refractivity contribution in [3.05, 3.63) is 82.1 Å². The van der Waals surface area contributed by atoms with Crippen molar-refractivity contribution in [3.8, 4) is 17.2 Å². The number of halogens is 1. The molecule has 1 aromatic heterocycles. The first-order valence-electron chi connectivity index (χ1n) is 9.23. The average Bonchev–Trinajstić information content (AvgIpc) is 3.20. The van der Waals surface area contributed by atoms with Crippen LogP contribution in [0.15, 0.2) is 70.5 Å². The molecule has 146 valence electrons. The Kier molecular flexibility index (Phi) is 4.39. The second-order valence-electron chi connectivity index (χ2n) is 6.97. The number of nitrogens with zero attached hydrogens (tertiary/aromatic N) is 3. The minimum Gasteiger partial charge on any atom is -0.507 e. The number of fused-ring (bicyclic) bond motifs is 3. The molecule has 0 aliphatic carbocycles. The minimum absolute atomic E-state index is 0.0120. The summed E-state index contributed by atoms with van der Waals surface area (Å²) in [5.74, 6) is 1.68. The SMILES string of the molecule is COc1ccc(O)c(C2=NN3[C@@H](c4cccnc4)Oc4ccc(Br)cc4[C@@H]3C2)c1. The van der Waals surface area contributed by atoms with Crippen LogP contribution in [0.5, 0.6) is 17.2 Å². The second-order valence-corrected chi connectivity index (χ2v) is 7.88. The second kappa shape index (κ2) is 7.08. The Hall–Kier alpha value is -3.06. The van der Waals surface area contributed by atoms with E-state index in [1.807, 2.05) is 35.3 Å². The standard InChI is InChI=1S/C22H18BrN3O3/c1-28-15-5-6-20(27)16(10-15)18-11-19-17-9-14(23)4-7-21(17)29-22(26(19)25-18)13-3-2-8-24-12-13/h2-10,12,19,22,27H,11H2,1H3/t19-,22+/m0/s1. The topological polar surface area (TPSA) is 67.2 Å². The van der Waals surface area contributed by atoms with Gasteiger partial charge < -0.3 is 14.6 Å². The third-order valence-corrected chi connectivity index (χ3v) is 5.73. The van der Waals surface area contributed by atoms with Gasteiger partial charge >= 0.3 is 0 Å². The highest BCUT2D eigenvalue weighted by Gasteiger charge is 2.41. The number of pyridine rings is 1. The van der Waals surface area contributed by atoms with E-state index in [1.165, 1.54) is 0 Å². The molecule has 29 heavy (non-hydrogen) atoms. The largest absolute Gasteiger partial charge is 0.507 e. The van der Waals surface area contributed by atoms with E-state index in [-0.39, 0.29) is 11.8 Å². The molecule has 0 saturated heterocycles. The lowest BCUT2D eigenvalue weighted by Crippen LogP contribution is -2.33. The third kappa shape index (κ3) is 3.11. The summed E-state index contributed by atoms with van der Waals surface area (Å²) < 4.78 is 12.6. The molecule has 5 rings (SSSR count). The van der Waals surface area contributed by atoms with Crippen molar-refractivity contribution in [1.82, 2.24) is 9.99 Å². The van der Waals surface area contributed by atoms with Crippen molar-refractivity contribution >= 4 is 21.6 Å². The Morgan fingerprint density at radius 2 is 2.10 bits per heavy atom. The highest BCUT2D eigenvalue weighted by molar-refractivity contribution is 9.10. The first-order valence-corrected chi connectivity index (χ1v) is 10.0. The fraction of sp³-hybridized carbons (Fsp3) is 0.182. The molecule has 0 unspecified atom stereocenters. The molecule has 2 aliphatic heterocycles. The fourth-order valence-electron chi connectivity index (χ4n) is 3.84. The summed E-state index contributed by atoms with van der Waals surface area (Å²) in [6.07, 6.45) is 3.78. The molecule has 2 aliphatic rings. The zero-order chi connectivity index (χ0) is 20.0. The molecule has 0 amide bonds. The smallest absolute Gasteiger partial charge is 0.215 e. The first kappa shape index (κ1) is 18.0. The molecule has 2 aromatic carbocycles. The fourth-order valence-corrected chi connectivity index (χ4v) is 4.21. The van der Waals surface area contributed by atoms with Crippen LogP contribution >= 0.6 is 15.9 Å². The normalized spacial score (nSPS) is 19.8. The van der Waals surface area contributed by atoms with Gasteiger partial charge in [0.05, 0.1) is 18.9 Å². The number of phenolic OH excluding ortho intramolecular Hbond substituents is 1. The number of methoxy groups -OCH3 is 1. The van der Waals surface area contributed by atoms with E-state index in [1.54, 1.807) is 31.6 Å². The number of aromatic nitrogens is 1. The Bertz CT molecular complexity index is 1100. The van der Waals surface area contributed by atoms with Crippen molar-refractivity contribution in [1.29, 1.82) is 0 Å². The van der Waals surface area contributed by atoms with Crippen LogP contribution < -0.4 is 9.47 Å². The predicted molar refractivity (Wildman–Crippen MR) is 112 cm³/mol. The monoisotopic (exact) mass is 451 g/mol. The summed E-state index contributed by atoms with van der Waals surface area (Å²) >= 11 is 3.56. The van der Waals surface area contributed by atoms with Gasteiger partial charge in [0.25, 0.3) is 0 Å². The molecule has 3 aromatic rings.